The summed E-state index contributed by atoms with van der Waals surface area (Å²) in [5.74, 6) is 0.833. The van der Waals surface area contributed by atoms with Crippen molar-refractivity contribution in [3.63, 3.8) is 0 Å². The highest BCUT2D eigenvalue weighted by Crippen LogP contribution is 2.19. The van der Waals surface area contributed by atoms with Crippen molar-refractivity contribution >= 4 is 18.1 Å². The van der Waals surface area contributed by atoms with E-state index in [0.717, 1.165) is 28.9 Å². The molecule has 0 bridgehead atoms. The first kappa shape index (κ1) is 24.8. The Morgan fingerprint density at radius 2 is 1.72 bits per heavy atom. The Labute approximate surface area is 153 Å². The number of carbonyl (C=O) groups is 1. The summed E-state index contributed by atoms with van der Waals surface area (Å²) >= 11 is 0. The van der Waals surface area contributed by atoms with E-state index >= 15 is 0 Å². The zero-order valence-electron chi connectivity index (χ0n) is 16.9. The molecule has 0 amide bonds. The lowest BCUT2D eigenvalue weighted by atomic mass is 9.99. The summed E-state index contributed by atoms with van der Waals surface area (Å²) in [6.45, 7) is 14.2. The normalized spacial score (nSPS) is 11.2. The van der Waals surface area contributed by atoms with E-state index in [1.807, 2.05) is 39.0 Å². The number of nitrogens with zero attached hydrogens (tertiary/aromatic N) is 2. The summed E-state index contributed by atoms with van der Waals surface area (Å²) in [6.07, 6.45) is 5.85. The first-order valence-electron chi connectivity index (χ1n) is 8.44. The van der Waals surface area contributed by atoms with Crippen molar-refractivity contribution in [2.75, 3.05) is 7.05 Å². The number of nitriles is 1. The standard InChI is InChI=1S/C12H13N.C6H9NO.C4H10/c1-4-11(8-13)12-7-9(2)5-6-10(12)3;1-3-6(5-8)4-7-2;1-4(2)3/h4-7H,1-3H3;3-5H,1-2H3;4H,1-3H3/b11-4-;6-3+,7-4?;. The fraction of sp³-hybridized carbons (Fsp3) is 0.409. The SMILES string of the molecule is C/C=C(/C#N)c1cc(C)ccc1C.C/C=C(/C=O)C=NC.CC(C)C. The Hall–Kier alpha value is -2.47. The largest absolute Gasteiger partial charge is 0.298 e. The number of hydrogen-bond donors (Lipinski definition) is 0. The van der Waals surface area contributed by atoms with Crippen LogP contribution >= 0.6 is 0 Å². The molecular formula is C22H32N2O. The highest BCUT2D eigenvalue weighted by Gasteiger charge is 2.02. The molecule has 1 aromatic carbocycles. The second-order valence-corrected chi connectivity index (χ2v) is 6.16. The maximum atomic E-state index is 9.97. The fourth-order valence-electron chi connectivity index (χ4n) is 1.63. The predicted octanol–water partition coefficient (Wildman–Crippen LogP) is 5.72. The lowest BCUT2D eigenvalue weighted by molar-refractivity contribution is -0.104. The van der Waals surface area contributed by atoms with Gasteiger partial charge in [0.25, 0.3) is 0 Å². The first-order chi connectivity index (χ1) is 11.8. The number of aryl methyl sites for hydroxylation is 2. The molecule has 25 heavy (non-hydrogen) atoms. The van der Waals surface area contributed by atoms with Crippen LogP contribution in [0.25, 0.3) is 5.57 Å². The Kier molecular flexibility index (Phi) is 14.9. The van der Waals surface area contributed by atoms with E-state index in [1.54, 1.807) is 20.0 Å². The van der Waals surface area contributed by atoms with E-state index in [4.69, 9.17) is 5.26 Å². The van der Waals surface area contributed by atoms with E-state index in [2.05, 4.69) is 37.9 Å². The molecule has 0 unspecified atom stereocenters. The zero-order valence-corrected chi connectivity index (χ0v) is 16.9. The first-order valence-corrected chi connectivity index (χ1v) is 8.44. The van der Waals surface area contributed by atoms with E-state index in [1.165, 1.54) is 11.8 Å². The quantitative estimate of drug-likeness (QED) is 0.305. The van der Waals surface area contributed by atoms with Crippen LogP contribution in [0.3, 0.4) is 0 Å². The van der Waals surface area contributed by atoms with Gasteiger partial charge in [0.05, 0.1) is 11.6 Å². The van der Waals surface area contributed by atoms with Crippen molar-refractivity contribution in [1.82, 2.24) is 0 Å². The van der Waals surface area contributed by atoms with Gasteiger partial charge in [-0.2, -0.15) is 5.26 Å². The molecule has 0 aliphatic heterocycles. The summed E-state index contributed by atoms with van der Waals surface area (Å²) in [7, 11) is 1.63. The van der Waals surface area contributed by atoms with Crippen molar-refractivity contribution in [3.8, 4) is 6.07 Å². The van der Waals surface area contributed by atoms with Gasteiger partial charge in [-0.15, -0.1) is 0 Å². The maximum Gasteiger partial charge on any atom is 0.151 e. The van der Waals surface area contributed by atoms with Gasteiger partial charge in [0.15, 0.2) is 6.29 Å². The molecule has 0 radical (unpaired) electrons. The molecule has 0 aliphatic carbocycles. The van der Waals surface area contributed by atoms with Gasteiger partial charge in [-0.3, -0.25) is 9.79 Å². The third-order valence-electron chi connectivity index (χ3n) is 2.84. The molecule has 0 fully saturated rings. The van der Waals surface area contributed by atoms with Crippen LogP contribution in [0, 0.1) is 31.1 Å². The predicted molar refractivity (Wildman–Crippen MR) is 110 cm³/mol. The fourth-order valence-corrected chi connectivity index (χ4v) is 1.63. The van der Waals surface area contributed by atoms with Gasteiger partial charge in [-0.25, -0.2) is 0 Å². The number of benzene rings is 1. The van der Waals surface area contributed by atoms with Crippen LogP contribution in [0.2, 0.25) is 0 Å². The number of aliphatic imine (C=N–C) groups is 1. The zero-order chi connectivity index (χ0) is 19.8. The molecule has 0 atom stereocenters. The van der Waals surface area contributed by atoms with Gasteiger partial charge >= 0.3 is 0 Å². The smallest absolute Gasteiger partial charge is 0.151 e. The summed E-state index contributed by atoms with van der Waals surface area (Å²) < 4.78 is 0. The molecule has 0 spiro atoms. The Morgan fingerprint density at radius 3 is 2.04 bits per heavy atom. The Bertz CT molecular complexity index is 642. The Balaban J connectivity index is 0. The molecule has 0 aromatic heterocycles. The van der Waals surface area contributed by atoms with Gasteiger partial charge < -0.3 is 0 Å². The molecule has 0 saturated heterocycles. The molecular weight excluding hydrogens is 308 g/mol. The monoisotopic (exact) mass is 340 g/mol. The average Bonchev–Trinajstić information content (AvgIpc) is 2.57. The summed E-state index contributed by atoms with van der Waals surface area (Å²) in [5, 5.41) is 8.88. The number of allylic oxidation sites excluding steroid dienone is 4. The lowest BCUT2D eigenvalue weighted by Crippen LogP contribution is -1.87. The summed E-state index contributed by atoms with van der Waals surface area (Å²) in [5.41, 5.74) is 4.76. The minimum atomic E-state index is 0.618. The maximum absolute atomic E-state index is 9.97. The van der Waals surface area contributed by atoms with E-state index < -0.39 is 0 Å². The molecule has 1 aromatic rings. The van der Waals surface area contributed by atoms with Crippen molar-refractivity contribution in [1.29, 1.82) is 5.26 Å². The number of carbonyl (C=O) groups excluding carboxylic acids is 1. The highest BCUT2D eigenvalue weighted by atomic mass is 16.1. The Morgan fingerprint density at radius 1 is 1.16 bits per heavy atom. The van der Waals surface area contributed by atoms with Crippen LogP contribution in [-0.4, -0.2) is 19.5 Å². The van der Waals surface area contributed by atoms with E-state index in [0.29, 0.717) is 5.57 Å². The van der Waals surface area contributed by atoms with Crippen LogP contribution in [0.4, 0.5) is 0 Å². The summed E-state index contributed by atoms with van der Waals surface area (Å²) in [6, 6.07) is 8.35. The van der Waals surface area contributed by atoms with Crippen LogP contribution in [0.1, 0.15) is 51.3 Å². The van der Waals surface area contributed by atoms with Gasteiger partial charge in [-0.05, 0) is 44.7 Å². The minimum absolute atomic E-state index is 0.618. The van der Waals surface area contributed by atoms with Crippen molar-refractivity contribution in [3.05, 3.63) is 52.6 Å². The van der Waals surface area contributed by atoms with Gasteiger partial charge in [0.2, 0.25) is 0 Å². The van der Waals surface area contributed by atoms with Crippen LogP contribution in [0.5, 0.6) is 0 Å². The van der Waals surface area contributed by atoms with Gasteiger partial charge in [0, 0.05) is 18.8 Å². The minimum Gasteiger partial charge on any atom is -0.298 e. The molecule has 0 saturated carbocycles. The van der Waals surface area contributed by atoms with Gasteiger partial charge in [0.1, 0.15) is 0 Å². The molecule has 0 aliphatic rings. The number of hydrogen-bond acceptors (Lipinski definition) is 3. The molecule has 0 N–H and O–H groups in total. The molecule has 3 heteroatoms. The second-order valence-electron chi connectivity index (χ2n) is 6.16. The van der Waals surface area contributed by atoms with E-state index in [-0.39, 0.29) is 0 Å². The average molecular weight is 341 g/mol. The molecule has 3 nitrogen and oxygen atoms in total. The van der Waals surface area contributed by atoms with Crippen LogP contribution in [0.15, 0.2) is 40.9 Å². The number of rotatable bonds is 3. The van der Waals surface area contributed by atoms with Crippen molar-refractivity contribution in [2.24, 2.45) is 10.9 Å². The number of aldehydes is 1. The highest BCUT2D eigenvalue weighted by molar-refractivity contribution is 6.01. The van der Waals surface area contributed by atoms with E-state index in [9.17, 15) is 4.79 Å². The lowest BCUT2D eigenvalue weighted by Gasteiger charge is -2.04. The third-order valence-corrected chi connectivity index (χ3v) is 2.84. The molecule has 0 heterocycles. The molecule has 136 valence electrons. The van der Waals surface area contributed by atoms with Gasteiger partial charge in [-0.1, -0.05) is 56.7 Å². The van der Waals surface area contributed by atoms with Crippen LogP contribution in [-0.2, 0) is 4.79 Å². The second kappa shape index (κ2) is 15.1. The van der Waals surface area contributed by atoms with Crippen molar-refractivity contribution < 1.29 is 4.79 Å². The third kappa shape index (κ3) is 12.6. The molecule has 1 rings (SSSR count). The van der Waals surface area contributed by atoms with Crippen molar-refractivity contribution in [2.45, 2.75) is 48.5 Å². The summed E-state index contributed by atoms with van der Waals surface area (Å²) in [4.78, 5) is 13.6. The van der Waals surface area contributed by atoms with Crippen LogP contribution < -0.4 is 0 Å². The topological polar surface area (TPSA) is 53.2 Å².